The first-order chi connectivity index (χ1) is 10.8. The number of aromatic nitrogens is 2. The molecule has 0 spiro atoms. The normalized spacial score (nSPS) is 20.7. The number of hydrogen-bond donors (Lipinski definition) is 1. The van der Waals surface area contributed by atoms with Crippen molar-refractivity contribution in [2.75, 3.05) is 5.32 Å². The van der Waals surface area contributed by atoms with Crippen LogP contribution in [-0.2, 0) is 0 Å². The summed E-state index contributed by atoms with van der Waals surface area (Å²) in [5, 5.41) is 17.5. The van der Waals surface area contributed by atoms with Gasteiger partial charge in [0.25, 0.3) is 0 Å². The molecule has 0 bridgehead atoms. The molecule has 0 aliphatic carbocycles. The Hall–Kier alpha value is -2.03. The molecule has 23 heavy (non-hydrogen) atoms. The number of nitrogens with zero attached hydrogens (tertiary/aromatic N) is 2. The number of carboxylic acid groups (broad SMARTS) is 1. The maximum Gasteiger partial charge on any atom is 0.410 e. The van der Waals surface area contributed by atoms with Crippen LogP contribution in [0.15, 0.2) is 34.9 Å². The van der Waals surface area contributed by atoms with E-state index in [0.29, 0.717) is 10.2 Å². The highest BCUT2D eigenvalue weighted by Crippen LogP contribution is 2.44. The lowest BCUT2D eigenvalue weighted by molar-refractivity contribution is -0.255. The van der Waals surface area contributed by atoms with Crippen molar-refractivity contribution in [1.82, 2.24) is 9.78 Å². The number of hydrogen-bond acceptors (Lipinski definition) is 4. The van der Waals surface area contributed by atoms with Crippen molar-refractivity contribution in [1.29, 1.82) is 0 Å². The van der Waals surface area contributed by atoms with Crippen molar-refractivity contribution >= 4 is 27.7 Å². The van der Waals surface area contributed by atoms with Crippen LogP contribution in [-0.4, -0.2) is 21.9 Å². The minimum absolute atomic E-state index is 0.188. The summed E-state index contributed by atoms with van der Waals surface area (Å²) in [6, 6.07) is 4.20. The first-order valence-electron chi connectivity index (χ1n) is 6.65. The number of benzene rings is 1. The van der Waals surface area contributed by atoms with Crippen LogP contribution in [0, 0.1) is 0 Å². The molecular formula is C14H10BrF3N3O2-. The molecule has 2 heterocycles. The second kappa shape index (κ2) is 5.55. The van der Waals surface area contributed by atoms with Crippen LogP contribution in [0.1, 0.15) is 34.4 Å². The number of rotatable bonds is 2. The summed E-state index contributed by atoms with van der Waals surface area (Å²) in [7, 11) is 0. The van der Waals surface area contributed by atoms with Gasteiger partial charge >= 0.3 is 6.18 Å². The summed E-state index contributed by atoms with van der Waals surface area (Å²) in [6.45, 7) is 0. The van der Waals surface area contributed by atoms with E-state index in [1.165, 1.54) is 0 Å². The quantitative estimate of drug-likeness (QED) is 0.858. The third-order valence-corrected chi connectivity index (χ3v) is 4.26. The van der Waals surface area contributed by atoms with E-state index in [2.05, 4.69) is 26.3 Å². The average molecular weight is 389 g/mol. The Morgan fingerprint density at radius 1 is 1.35 bits per heavy atom. The van der Waals surface area contributed by atoms with Crippen LogP contribution in [0.5, 0.6) is 0 Å². The minimum atomic E-state index is -4.54. The van der Waals surface area contributed by atoms with Gasteiger partial charge in [0.15, 0.2) is 6.04 Å². The number of nitrogens with one attached hydrogen (secondary N) is 1. The van der Waals surface area contributed by atoms with Gasteiger partial charge in [-0.1, -0.05) is 28.1 Å². The van der Waals surface area contributed by atoms with Crippen molar-refractivity contribution < 1.29 is 23.1 Å². The van der Waals surface area contributed by atoms with E-state index < -0.39 is 24.2 Å². The lowest BCUT2D eigenvalue weighted by atomic mass is 9.96. The summed E-state index contributed by atoms with van der Waals surface area (Å²) in [5.41, 5.74) is 0.236. The maximum absolute atomic E-state index is 13.3. The lowest BCUT2D eigenvalue weighted by Gasteiger charge is -2.34. The van der Waals surface area contributed by atoms with Gasteiger partial charge < -0.3 is 15.2 Å². The van der Waals surface area contributed by atoms with E-state index in [4.69, 9.17) is 0 Å². The number of fused-ring (bicyclic) bond motifs is 1. The van der Waals surface area contributed by atoms with E-state index in [9.17, 15) is 23.1 Å². The zero-order valence-corrected chi connectivity index (χ0v) is 13.1. The monoisotopic (exact) mass is 388 g/mol. The first-order valence-corrected chi connectivity index (χ1v) is 7.44. The Balaban J connectivity index is 2.05. The number of anilines is 1. The summed E-state index contributed by atoms with van der Waals surface area (Å²) >= 11 is 3.26. The molecule has 5 nitrogen and oxygen atoms in total. The minimum Gasteiger partial charge on any atom is -0.545 e. The highest BCUT2D eigenvalue weighted by molar-refractivity contribution is 9.10. The van der Waals surface area contributed by atoms with Gasteiger partial charge in [0.1, 0.15) is 5.82 Å². The largest absolute Gasteiger partial charge is 0.545 e. The third-order valence-electron chi connectivity index (χ3n) is 3.73. The van der Waals surface area contributed by atoms with Crippen LogP contribution in [0.4, 0.5) is 19.0 Å². The van der Waals surface area contributed by atoms with Gasteiger partial charge in [0.2, 0.25) is 0 Å². The Bertz CT molecular complexity index is 743. The highest BCUT2D eigenvalue weighted by atomic mass is 79.9. The molecule has 9 heteroatoms. The summed E-state index contributed by atoms with van der Waals surface area (Å²) < 4.78 is 41.4. The van der Waals surface area contributed by atoms with Crippen LogP contribution < -0.4 is 10.4 Å². The van der Waals surface area contributed by atoms with Gasteiger partial charge in [-0.15, -0.1) is 0 Å². The summed E-state index contributed by atoms with van der Waals surface area (Å²) in [5.74, 6) is -1.76. The molecule has 2 aromatic rings. The first kappa shape index (κ1) is 15.9. The number of halogens is 4. The molecule has 0 amide bonds. The molecule has 1 aromatic carbocycles. The molecule has 0 saturated carbocycles. The van der Waals surface area contributed by atoms with Crippen LogP contribution in [0.25, 0.3) is 0 Å². The molecule has 0 unspecified atom stereocenters. The molecule has 2 atom stereocenters. The van der Waals surface area contributed by atoms with E-state index in [1.807, 2.05) is 0 Å². The molecule has 0 fully saturated rings. The van der Waals surface area contributed by atoms with Crippen molar-refractivity contribution in [2.45, 2.75) is 24.7 Å². The SMILES string of the molecule is O=C([O-])c1cnn2c1N[C@H](c1ccc(Br)cc1)C[C@H]2C(F)(F)F. The Morgan fingerprint density at radius 2 is 2.00 bits per heavy atom. The molecule has 122 valence electrons. The topological polar surface area (TPSA) is 70.0 Å². The number of carboxylic acids is 1. The lowest BCUT2D eigenvalue weighted by Crippen LogP contribution is -2.36. The van der Waals surface area contributed by atoms with Crippen LogP contribution >= 0.6 is 15.9 Å². The zero-order chi connectivity index (χ0) is 16.8. The fourth-order valence-electron chi connectivity index (χ4n) is 2.63. The fraction of sp³-hybridized carbons (Fsp3) is 0.286. The smallest absolute Gasteiger partial charge is 0.410 e. The van der Waals surface area contributed by atoms with Crippen LogP contribution in [0.2, 0.25) is 0 Å². The zero-order valence-electron chi connectivity index (χ0n) is 11.5. The Morgan fingerprint density at radius 3 is 2.57 bits per heavy atom. The standard InChI is InChI=1S/C14H11BrF3N3O2/c15-8-3-1-7(2-4-8)10-5-11(14(16,17)18)21-12(20-10)9(6-19-21)13(22)23/h1-4,6,10-11,20H,5H2,(H,22,23)/p-1/t10-,11-/m0/s1. The van der Waals surface area contributed by atoms with Gasteiger partial charge in [0, 0.05) is 10.9 Å². The molecule has 0 radical (unpaired) electrons. The number of carbonyl (C=O) groups is 1. The molecule has 1 aliphatic rings. The predicted octanol–water partition coefficient (Wildman–Crippen LogP) is 2.67. The highest BCUT2D eigenvalue weighted by Gasteiger charge is 2.46. The fourth-order valence-corrected chi connectivity index (χ4v) is 2.89. The molecule has 1 aliphatic heterocycles. The molecule has 0 saturated heterocycles. The number of carbonyl (C=O) groups excluding carboxylic acids is 1. The van der Waals surface area contributed by atoms with Crippen molar-refractivity contribution in [3.8, 4) is 0 Å². The molecule has 1 aromatic heterocycles. The van der Waals surface area contributed by atoms with E-state index >= 15 is 0 Å². The van der Waals surface area contributed by atoms with E-state index in [0.717, 1.165) is 10.7 Å². The van der Waals surface area contributed by atoms with Gasteiger partial charge in [-0.05, 0) is 17.7 Å². The average Bonchev–Trinajstić information content (AvgIpc) is 2.89. The van der Waals surface area contributed by atoms with Gasteiger partial charge in [0.05, 0.1) is 23.8 Å². The second-order valence-corrected chi connectivity index (χ2v) is 6.10. The molecule has 1 N–H and O–H groups in total. The van der Waals surface area contributed by atoms with Gasteiger partial charge in [-0.3, -0.25) is 0 Å². The number of alkyl halides is 3. The molecule has 3 rings (SSSR count). The third kappa shape index (κ3) is 2.92. The Kier molecular flexibility index (Phi) is 3.83. The van der Waals surface area contributed by atoms with Crippen molar-refractivity contribution in [3.05, 3.63) is 46.1 Å². The maximum atomic E-state index is 13.3. The van der Waals surface area contributed by atoms with Gasteiger partial charge in [-0.2, -0.15) is 18.3 Å². The second-order valence-electron chi connectivity index (χ2n) is 5.18. The summed E-state index contributed by atoms with van der Waals surface area (Å²) in [4.78, 5) is 11.1. The van der Waals surface area contributed by atoms with E-state index in [-0.39, 0.29) is 17.8 Å². The van der Waals surface area contributed by atoms with Crippen molar-refractivity contribution in [2.24, 2.45) is 0 Å². The van der Waals surface area contributed by atoms with E-state index in [1.54, 1.807) is 24.3 Å². The van der Waals surface area contributed by atoms with Crippen LogP contribution in [0.3, 0.4) is 0 Å². The summed E-state index contributed by atoms with van der Waals surface area (Å²) in [6.07, 6.45) is -3.95. The predicted molar refractivity (Wildman–Crippen MR) is 76.8 cm³/mol. The van der Waals surface area contributed by atoms with Crippen molar-refractivity contribution in [3.63, 3.8) is 0 Å². The Labute approximate surface area is 137 Å². The molecular weight excluding hydrogens is 379 g/mol. The van der Waals surface area contributed by atoms with Gasteiger partial charge in [-0.25, -0.2) is 4.68 Å². The number of aromatic carboxylic acids is 1.